The summed E-state index contributed by atoms with van der Waals surface area (Å²) in [5.74, 6) is -0.177. The molecular weight excluding hydrogens is 290 g/mol. The number of anilines is 1. The van der Waals surface area contributed by atoms with E-state index in [1.54, 1.807) is 6.92 Å². The van der Waals surface area contributed by atoms with E-state index in [2.05, 4.69) is 10.0 Å². The molecule has 2 rings (SSSR count). The van der Waals surface area contributed by atoms with Gasteiger partial charge in [-0.25, -0.2) is 13.1 Å². The lowest BCUT2D eigenvalue weighted by Crippen LogP contribution is -2.37. The Morgan fingerprint density at radius 1 is 1.53 bits per heavy atom. The fourth-order valence-corrected chi connectivity index (χ4v) is 3.64. The Morgan fingerprint density at radius 3 is 2.84 bits per heavy atom. The molecular formula is C11H14ClN3O3S. The summed E-state index contributed by atoms with van der Waals surface area (Å²) in [5.41, 5.74) is 6.57. The minimum Gasteiger partial charge on any atom is -0.329 e. The summed E-state index contributed by atoms with van der Waals surface area (Å²) >= 11 is 5.97. The van der Waals surface area contributed by atoms with Crippen LogP contribution in [0.3, 0.4) is 0 Å². The molecule has 1 aromatic carbocycles. The first-order valence-corrected chi connectivity index (χ1v) is 7.54. The third-order valence-electron chi connectivity index (χ3n) is 2.78. The van der Waals surface area contributed by atoms with Crippen LogP contribution in [-0.2, 0) is 21.2 Å². The van der Waals surface area contributed by atoms with E-state index in [1.165, 1.54) is 12.1 Å². The van der Waals surface area contributed by atoms with Gasteiger partial charge in [-0.1, -0.05) is 11.6 Å². The molecule has 1 aliphatic rings. The van der Waals surface area contributed by atoms with Crippen molar-refractivity contribution in [2.75, 3.05) is 11.9 Å². The second kappa shape index (κ2) is 5.09. The summed E-state index contributed by atoms with van der Waals surface area (Å²) in [7, 11) is -3.74. The average molecular weight is 304 g/mol. The molecule has 1 aliphatic heterocycles. The van der Waals surface area contributed by atoms with Gasteiger partial charge >= 0.3 is 0 Å². The monoisotopic (exact) mass is 303 g/mol. The highest BCUT2D eigenvalue weighted by atomic mass is 35.5. The highest BCUT2D eigenvalue weighted by molar-refractivity contribution is 7.89. The second-order valence-electron chi connectivity index (χ2n) is 4.42. The molecule has 4 N–H and O–H groups in total. The molecule has 1 amide bonds. The first-order chi connectivity index (χ1) is 8.83. The Kier molecular flexibility index (Phi) is 3.82. The zero-order valence-electron chi connectivity index (χ0n) is 10.2. The molecule has 1 heterocycles. The smallest absolute Gasteiger partial charge is 0.242 e. The topological polar surface area (TPSA) is 101 Å². The van der Waals surface area contributed by atoms with Crippen LogP contribution in [0.25, 0.3) is 0 Å². The minimum absolute atomic E-state index is 0.0373. The molecule has 0 aromatic heterocycles. The van der Waals surface area contributed by atoms with Crippen LogP contribution in [0.2, 0.25) is 5.02 Å². The Balaban J connectivity index is 2.41. The molecule has 0 unspecified atom stereocenters. The normalized spacial score (nSPS) is 16.1. The van der Waals surface area contributed by atoms with Crippen molar-refractivity contribution in [1.29, 1.82) is 0 Å². The second-order valence-corrected chi connectivity index (χ2v) is 6.51. The number of hydrogen-bond donors (Lipinski definition) is 3. The molecule has 0 bridgehead atoms. The number of rotatable bonds is 4. The zero-order valence-corrected chi connectivity index (χ0v) is 11.8. The van der Waals surface area contributed by atoms with Gasteiger partial charge < -0.3 is 11.1 Å². The van der Waals surface area contributed by atoms with Crippen molar-refractivity contribution in [3.8, 4) is 0 Å². The van der Waals surface area contributed by atoms with E-state index in [0.717, 1.165) is 0 Å². The lowest BCUT2D eigenvalue weighted by atomic mass is 10.2. The van der Waals surface area contributed by atoms with Crippen LogP contribution in [0.15, 0.2) is 17.0 Å². The van der Waals surface area contributed by atoms with Gasteiger partial charge in [0.15, 0.2) is 0 Å². The fraction of sp³-hybridized carbons (Fsp3) is 0.364. The minimum atomic E-state index is -3.74. The first kappa shape index (κ1) is 14.3. The number of carbonyl (C=O) groups is 1. The van der Waals surface area contributed by atoms with Crippen LogP contribution in [0.5, 0.6) is 0 Å². The van der Waals surface area contributed by atoms with Gasteiger partial charge in [0.2, 0.25) is 15.9 Å². The molecule has 6 nitrogen and oxygen atoms in total. The summed E-state index contributed by atoms with van der Waals surface area (Å²) in [6.07, 6.45) is 0.154. The number of halogens is 1. The van der Waals surface area contributed by atoms with Gasteiger partial charge in [0.25, 0.3) is 0 Å². The van der Waals surface area contributed by atoms with E-state index in [-0.39, 0.29) is 28.8 Å². The molecule has 8 heteroatoms. The third-order valence-corrected chi connectivity index (χ3v) is 4.84. The van der Waals surface area contributed by atoms with Crippen molar-refractivity contribution in [1.82, 2.24) is 4.72 Å². The van der Waals surface area contributed by atoms with Crippen molar-refractivity contribution in [2.24, 2.45) is 5.73 Å². The lowest BCUT2D eigenvalue weighted by molar-refractivity contribution is -0.115. The van der Waals surface area contributed by atoms with Crippen LogP contribution in [0.4, 0.5) is 5.69 Å². The third kappa shape index (κ3) is 2.89. The van der Waals surface area contributed by atoms with Gasteiger partial charge in [0, 0.05) is 18.3 Å². The van der Waals surface area contributed by atoms with Gasteiger partial charge in [-0.15, -0.1) is 0 Å². The zero-order chi connectivity index (χ0) is 14.2. The van der Waals surface area contributed by atoms with Crippen molar-refractivity contribution < 1.29 is 13.2 Å². The molecule has 0 fully saturated rings. The maximum atomic E-state index is 12.1. The van der Waals surface area contributed by atoms with Gasteiger partial charge in [-0.3, -0.25) is 4.79 Å². The fourth-order valence-electron chi connectivity index (χ4n) is 1.81. The quantitative estimate of drug-likeness (QED) is 0.752. The number of fused-ring (bicyclic) bond motifs is 1. The molecule has 0 aliphatic carbocycles. The van der Waals surface area contributed by atoms with Crippen LogP contribution in [0.1, 0.15) is 12.5 Å². The number of benzene rings is 1. The summed E-state index contributed by atoms with van der Waals surface area (Å²) < 4.78 is 26.7. The number of hydrogen-bond acceptors (Lipinski definition) is 4. The highest BCUT2D eigenvalue weighted by Crippen LogP contribution is 2.32. The van der Waals surface area contributed by atoms with Crippen LogP contribution >= 0.6 is 11.6 Å². The SMILES string of the molecule is C[C@H](CN)NS(=O)(=O)c1cc2c(cc1Cl)NC(=O)C2. The van der Waals surface area contributed by atoms with Gasteiger partial charge in [-0.05, 0) is 24.6 Å². The molecule has 0 spiro atoms. The van der Waals surface area contributed by atoms with Crippen LogP contribution < -0.4 is 15.8 Å². The van der Waals surface area contributed by atoms with Crippen molar-refractivity contribution in [3.05, 3.63) is 22.7 Å². The Hall–Kier alpha value is -1.15. The largest absolute Gasteiger partial charge is 0.329 e. The van der Waals surface area contributed by atoms with Crippen molar-refractivity contribution in [3.63, 3.8) is 0 Å². The molecule has 0 saturated carbocycles. The standard InChI is InChI=1S/C11H14ClN3O3S/c1-6(5-13)15-19(17,18)10-2-7-3-11(16)14-9(7)4-8(10)12/h2,4,6,15H,3,5,13H2,1H3,(H,14,16)/t6-/m1/s1. The van der Waals surface area contributed by atoms with E-state index in [9.17, 15) is 13.2 Å². The molecule has 0 saturated heterocycles. The van der Waals surface area contributed by atoms with Gasteiger partial charge in [-0.2, -0.15) is 0 Å². The molecule has 1 atom stereocenters. The Labute approximate surface area is 116 Å². The summed E-state index contributed by atoms with van der Waals surface area (Å²) in [6, 6.07) is 2.47. The molecule has 19 heavy (non-hydrogen) atoms. The summed E-state index contributed by atoms with van der Waals surface area (Å²) in [5, 5.41) is 2.68. The van der Waals surface area contributed by atoms with E-state index in [1.807, 2.05) is 0 Å². The first-order valence-electron chi connectivity index (χ1n) is 5.68. The van der Waals surface area contributed by atoms with Gasteiger partial charge in [0.05, 0.1) is 11.4 Å². The van der Waals surface area contributed by atoms with Crippen molar-refractivity contribution in [2.45, 2.75) is 24.3 Å². The maximum absolute atomic E-state index is 12.1. The predicted molar refractivity (Wildman–Crippen MR) is 72.6 cm³/mol. The van der Waals surface area contributed by atoms with E-state index in [4.69, 9.17) is 17.3 Å². The van der Waals surface area contributed by atoms with E-state index < -0.39 is 16.1 Å². The predicted octanol–water partition coefficient (Wildman–Crippen LogP) is 0.460. The molecule has 1 aromatic rings. The van der Waals surface area contributed by atoms with E-state index in [0.29, 0.717) is 11.3 Å². The number of sulfonamides is 1. The number of carbonyl (C=O) groups excluding carboxylic acids is 1. The lowest BCUT2D eigenvalue weighted by Gasteiger charge is -2.14. The molecule has 104 valence electrons. The highest BCUT2D eigenvalue weighted by Gasteiger charge is 2.25. The molecule has 0 radical (unpaired) electrons. The maximum Gasteiger partial charge on any atom is 0.242 e. The van der Waals surface area contributed by atoms with E-state index >= 15 is 0 Å². The number of amides is 1. The number of nitrogens with one attached hydrogen (secondary N) is 2. The summed E-state index contributed by atoms with van der Waals surface area (Å²) in [4.78, 5) is 11.2. The summed E-state index contributed by atoms with van der Waals surface area (Å²) in [6.45, 7) is 1.84. The number of nitrogens with two attached hydrogens (primary N) is 1. The van der Waals surface area contributed by atoms with Crippen LogP contribution in [-0.4, -0.2) is 26.9 Å². The Morgan fingerprint density at radius 2 is 2.21 bits per heavy atom. The van der Waals surface area contributed by atoms with Crippen LogP contribution in [0, 0.1) is 0 Å². The van der Waals surface area contributed by atoms with Crippen molar-refractivity contribution >= 4 is 33.2 Å². The average Bonchev–Trinajstić information content (AvgIpc) is 2.66. The van der Waals surface area contributed by atoms with Gasteiger partial charge in [0.1, 0.15) is 4.90 Å². The Bertz CT molecular complexity index is 630.